The molecule has 0 aliphatic heterocycles. The molecule has 142 valence electrons. The maximum atomic E-state index is 11.8. The highest BCUT2D eigenvalue weighted by Gasteiger charge is 2.12. The fraction of sp³-hybridized carbons (Fsp3) is 0.500. The number of nitrogens with one attached hydrogen (secondary N) is 1. The third-order valence-electron chi connectivity index (χ3n) is 3.82. The Balaban J connectivity index is 1.85. The second kappa shape index (κ2) is 10.3. The minimum atomic E-state index is 0.0727. The molecule has 0 aliphatic rings. The normalized spacial score (nSPS) is 11.0. The maximum absolute atomic E-state index is 11.8. The number of thioether (sulfide) groups is 1. The Morgan fingerprint density at radius 3 is 2.69 bits per heavy atom. The first kappa shape index (κ1) is 20.4. The van der Waals surface area contributed by atoms with Crippen molar-refractivity contribution in [3.05, 3.63) is 35.7 Å². The van der Waals surface area contributed by atoms with Crippen LogP contribution in [0.1, 0.15) is 38.6 Å². The topological polar surface area (TPSA) is 64.4 Å². The Kier molecular flexibility index (Phi) is 8.04. The zero-order valence-corrected chi connectivity index (χ0v) is 16.8. The monoisotopic (exact) mass is 376 g/mol. The lowest BCUT2D eigenvalue weighted by molar-refractivity contribution is -0.118. The Labute approximate surface area is 159 Å². The zero-order valence-electron chi connectivity index (χ0n) is 16.0. The molecule has 2 aromatic rings. The van der Waals surface area contributed by atoms with Crippen LogP contribution in [-0.2, 0) is 10.5 Å². The fourth-order valence-electron chi connectivity index (χ4n) is 2.34. The van der Waals surface area contributed by atoms with Gasteiger partial charge in [-0.15, -0.1) is 11.8 Å². The summed E-state index contributed by atoms with van der Waals surface area (Å²) in [7, 11) is 0. The van der Waals surface area contributed by atoms with Gasteiger partial charge in [-0.2, -0.15) is 0 Å². The first-order chi connectivity index (χ1) is 12.5. The van der Waals surface area contributed by atoms with Gasteiger partial charge in [0.25, 0.3) is 0 Å². The van der Waals surface area contributed by atoms with Crippen LogP contribution in [0.5, 0.6) is 5.75 Å². The summed E-state index contributed by atoms with van der Waals surface area (Å²) in [6.07, 6.45) is 1.00. The molecular weight excluding hydrogens is 348 g/mol. The van der Waals surface area contributed by atoms with E-state index in [4.69, 9.17) is 9.15 Å². The standard InChI is InChI=1S/C20H28N2O3S/c1-5-24-17-8-6-16(7-9-17)20-22-18(15(4)25-20)12-26-13-19(23)21-11-10-14(2)3/h6-9,14H,5,10-13H2,1-4H3,(H,21,23). The molecule has 0 saturated heterocycles. The van der Waals surface area contributed by atoms with E-state index in [0.717, 1.165) is 35.7 Å². The molecule has 6 heteroatoms. The quantitative estimate of drug-likeness (QED) is 0.664. The van der Waals surface area contributed by atoms with Crippen LogP contribution in [0.15, 0.2) is 28.7 Å². The summed E-state index contributed by atoms with van der Waals surface area (Å²) in [5.41, 5.74) is 1.80. The Hall–Kier alpha value is -1.95. The molecular formula is C20H28N2O3S. The summed E-state index contributed by atoms with van der Waals surface area (Å²) < 4.78 is 11.2. The third kappa shape index (κ3) is 6.41. The van der Waals surface area contributed by atoms with Crippen LogP contribution in [0.4, 0.5) is 0 Å². The van der Waals surface area contributed by atoms with Crippen LogP contribution >= 0.6 is 11.8 Å². The van der Waals surface area contributed by atoms with Gasteiger partial charge in [0, 0.05) is 17.9 Å². The number of carbonyl (C=O) groups excluding carboxylic acids is 1. The summed E-state index contributed by atoms with van der Waals surface area (Å²) >= 11 is 1.55. The van der Waals surface area contributed by atoms with Gasteiger partial charge in [0.2, 0.25) is 11.8 Å². The zero-order chi connectivity index (χ0) is 18.9. The molecule has 1 heterocycles. The smallest absolute Gasteiger partial charge is 0.230 e. The molecule has 0 unspecified atom stereocenters. The minimum absolute atomic E-state index is 0.0727. The number of hydrogen-bond donors (Lipinski definition) is 1. The van der Waals surface area contributed by atoms with Gasteiger partial charge in [0.15, 0.2) is 0 Å². The molecule has 0 spiro atoms. The lowest BCUT2D eigenvalue weighted by Crippen LogP contribution is -2.26. The molecule has 0 saturated carbocycles. The summed E-state index contributed by atoms with van der Waals surface area (Å²) in [5, 5.41) is 2.95. The molecule has 0 atom stereocenters. The predicted octanol–water partition coefficient (Wildman–Crippen LogP) is 4.44. The Bertz CT molecular complexity index is 696. The second-order valence-corrected chi connectivity index (χ2v) is 7.49. The van der Waals surface area contributed by atoms with Gasteiger partial charge in [-0.1, -0.05) is 13.8 Å². The number of aromatic nitrogens is 1. The molecule has 0 aliphatic carbocycles. The van der Waals surface area contributed by atoms with Gasteiger partial charge in [-0.3, -0.25) is 4.79 Å². The van der Waals surface area contributed by atoms with Crippen molar-refractivity contribution < 1.29 is 13.9 Å². The predicted molar refractivity (Wildman–Crippen MR) is 106 cm³/mol. The van der Waals surface area contributed by atoms with Gasteiger partial charge in [-0.25, -0.2) is 4.98 Å². The number of benzene rings is 1. The van der Waals surface area contributed by atoms with Crippen molar-refractivity contribution in [2.45, 2.75) is 39.9 Å². The van der Waals surface area contributed by atoms with E-state index in [0.29, 0.717) is 29.9 Å². The van der Waals surface area contributed by atoms with Gasteiger partial charge < -0.3 is 14.5 Å². The number of amides is 1. The van der Waals surface area contributed by atoms with Crippen LogP contribution in [0, 0.1) is 12.8 Å². The van der Waals surface area contributed by atoms with E-state index in [-0.39, 0.29) is 5.91 Å². The van der Waals surface area contributed by atoms with E-state index in [9.17, 15) is 4.79 Å². The highest BCUT2D eigenvalue weighted by atomic mass is 32.2. The number of hydrogen-bond acceptors (Lipinski definition) is 5. The highest BCUT2D eigenvalue weighted by molar-refractivity contribution is 7.99. The van der Waals surface area contributed by atoms with Crippen LogP contribution < -0.4 is 10.1 Å². The first-order valence-electron chi connectivity index (χ1n) is 9.03. The van der Waals surface area contributed by atoms with Crippen molar-refractivity contribution >= 4 is 17.7 Å². The number of nitrogens with zero attached hydrogens (tertiary/aromatic N) is 1. The molecule has 1 N–H and O–H groups in total. The number of ether oxygens (including phenoxy) is 1. The SMILES string of the molecule is CCOc1ccc(-c2nc(CSCC(=O)NCCC(C)C)c(C)o2)cc1. The summed E-state index contributed by atoms with van der Waals surface area (Å²) in [4.78, 5) is 16.4. The van der Waals surface area contributed by atoms with Crippen molar-refractivity contribution in [3.63, 3.8) is 0 Å². The molecule has 0 radical (unpaired) electrons. The maximum Gasteiger partial charge on any atom is 0.230 e. The first-order valence-corrected chi connectivity index (χ1v) is 10.2. The van der Waals surface area contributed by atoms with Crippen LogP contribution in [0.25, 0.3) is 11.5 Å². The molecule has 1 aromatic carbocycles. The van der Waals surface area contributed by atoms with E-state index >= 15 is 0 Å². The van der Waals surface area contributed by atoms with Crippen molar-refractivity contribution in [1.82, 2.24) is 10.3 Å². The van der Waals surface area contributed by atoms with E-state index in [1.807, 2.05) is 38.1 Å². The number of aryl methyl sites for hydroxylation is 1. The lowest BCUT2D eigenvalue weighted by atomic mass is 10.1. The van der Waals surface area contributed by atoms with Gasteiger partial charge >= 0.3 is 0 Å². The van der Waals surface area contributed by atoms with Crippen molar-refractivity contribution in [1.29, 1.82) is 0 Å². The average molecular weight is 377 g/mol. The van der Waals surface area contributed by atoms with E-state index in [2.05, 4.69) is 24.1 Å². The Morgan fingerprint density at radius 2 is 2.04 bits per heavy atom. The van der Waals surface area contributed by atoms with Crippen molar-refractivity contribution in [3.8, 4) is 17.2 Å². The lowest BCUT2D eigenvalue weighted by Gasteiger charge is -2.06. The minimum Gasteiger partial charge on any atom is -0.494 e. The van der Waals surface area contributed by atoms with Crippen molar-refractivity contribution in [2.24, 2.45) is 5.92 Å². The highest BCUT2D eigenvalue weighted by Crippen LogP contribution is 2.25. The molecule has 0 bridgehead atoms. The van der Waals surface area contributed by atoms with Crippen LogP contribution in [0.2, 0.25) is 0 Å². The summed E-state index contributed by atoms with van der Waals surface area (Å²) in [5.74, 6) is 3.99. The second-order valence-electron chi connectivity index (χ2n) is 6.50. The van der Waals surface area contributed by atoms with Gasteiger partial charge in [-0.05, 0) is 50.5 Å². The molecule has 1 aromatic heterocycles. The molecule has 0 fully saturated rings. The molecule has 26 heavy (non-hydrogen) atoms. The molecule has 5 nitrogen and oxygen atoms in total. The largest absolute Gasteiger partial charge is 0.494 e. The third-order valence-corrected chi connectivity index (χ3v) is 4.76. The van der Waals surface area contributed by atoms with Crippen LogP contribution in [-0.4, -0.2) is 29.8 Å². The van der Waals surface area contributed by atoms with Crippen molar-refractivity contribution in [2.75, 3.05) is 18.9 Å². The summed E-state index contributed by atoms with van der Waals surface area (Å²) in [6, 6.07) is 7.70. The van der Waals surface area contributed by atoms with Crippen LogP contribution in [0.3, 0.4) is 0 Å². The molecule has 2 rings (SSSR count). The van der Waals surface area contributed by atoms with Gasteiger partial charge in [0.05, 0.1) is 18.1 Å². The average Bonchev–Trinajstić information content (AvgIpc) is 2.96. The number of carbonyl (C=O) groups is 1. The van der Waals surface area contributed by atoms with E-state index < -0.39 is 0 Å². The van der Waals surface area contributed by atoms with E-state index in [1.165, 1.54) is 0 Å². The number of rotatable bonds is 10. The number of oxazole rings is 1. The fourth-order valence-corrected chi connectivity index (χ4v) is 3.19. The Morgan fingerprint density at radius 1 is 1.31 bits per heavy atom. The van der Waals surface area contributed by atoms with Gasteiger partial charge in [0.1, 0.15) is 11.5 Å². The molecule has 1 amide bonds. The van der Waals surface area contributed by atoms with E-state index in [1.54, 1.807) is 11.8 Å². The summed E-state index contributed by atoms with van der Waals surface area (Å²) in [6.45, 7) is 9.54.